The van der Waals surface area contributed by atoms with E-state index in [1.165, 1.54) is 56.8 Å². The maximum atomic E-state index is 10.3. The normalized spacial score (nSPS) is 11.4. The van der Waals surface area contributed by atoms with E-state index in [-0.39, 0.29) is 11.3 Å². The van der Waals surface area contributed by atoms with Crippen molar-refractivity contribution in [3.05, 3.63) is 39.9 Å². The number of nitro groups is 1. The van der Waals surface area contributed by atoms with Gasteiger partial charge >= 0.3 is 104 Å². The van der Waals surface area contributed by atoms with Crippen LogP contribution < -0.4 is 0 Å². The molecule has 156 valence electrons. The molecule has 1 aromatic rings. The number of benzene rings is 1. The summed E-state index contributed by atoms with van der Waals surface area (Å²) in [5, 5.41) is 18.6. The topological polar surface area (TPSA) is 80.4 Å². The van der Waals surface area contributed by atoms with Crippen molar-refractivity contribution >= 4 is 18.9 Å². The summed E-state index contributed by atoms with van der Waals surface area (Å²) in [7, 11) is -0.832. The van der Waals surface area contributed by atoms with Crippen molar-refractivity contribution in [3.63, 3.8) is 0 Å². The third-order valence-corrected chi connectivity index (χ3v) is 11.0. The van der Waals surface area contributed by atoms with Crippen LogP contribution in [0.3, 0.4) is 0 Å². The molecule has 0 aliphatic rings. The SMILES string of the molecule is CCCC[PH](CC)(CCCC)CCCC.O=C(O)c1ccc([N+](=O)[O-])cc1. The second-order valence-corrected chi connectivity index (χ2v) is 12.5. The molecule has 0 unspecified atom stereocenters. The number of carboxylic acid groups (broad SMARTS) is 1. The number of nitro benzene ring substituents is 1. The van der Waals surface area contributed by atoms with Crippen molar-refractivity contribution < 1.29 is 14.8 Å². The van der Waals surface area contributed by atoms with Gasteiger partial charge in [0.2, 0.25) is 0 Å². The van der Waals surface area contributed by atoms with Gasteiger partial charge in [-0.25, -0.2) is 4.79 Å². The first kappa shape index (κ1) is 25.5. The minimum atomic E-state index is -1.09. The maximum Gasteiger partial charge on any atom is 0.335 e. The van der Waals surface area contributed by atoms with E-state index in [1.807, 2.05) is 0 Å². The van der Waals surface area contributed by atoms with Gasteiger partial charge in [-0.2, -0.15) is 0 Å². The van der Waals surface area contributed by atoms with Gasteiger partial charge in [0.1, 0.15) is 0 Å². The molecule has 0 amide bonds. The predicted molar refractivity (Wildman–Crippen MR) is 118 cm³/mol. The summed E-state index contributed by atoms with van der Waals surface area (Å²) in [6, 6.07) is 4.70. The van der Waals surface area contributed by atoms with Gasteiger partial charge in [-0.1, -0.05) is 0 Å². The molecule has 1 rings (SSSR count). The number of hydrogen-bond donors (Lipinski definition) is 1. The monoisotopic (exact) mass is 399 g/mol. The molecular formula is C21H38NO4P. The Labute approximate surface area is 165 Å². The molecule has 0 aliphatic carbocycles. The number of unbranched alkanes of at least 4 members (excludes halogenated alkanes) is 3. The molecule has 0 spiro atoms. The molecule has 0 atom stereocenters. The Morgan fingerprint density at radius 1 is 0.926 bits per heavy atom. The second kappa shape index (κ2) is 14.6. The van der Waals surface area contributed by atoms with Crippen LogP contribution in [-0.4, -0.2) is 40.6 Å². The first-order valence-corrected chi connectivity index (χ1v) is 13.2. The molecule has 0 fully saturated rings. The van der Waals surface area contributed by atoms with Crippen LogP contribution in [0.1, 0.15) is 76.6 Å². The van der Waals surface area contributed by atoms with Gasteiger partial charge in [0.25, 0.3) is 5.69 Å². The minimum absolute atomic E-state index is 0.0422. The van der Waals surface area contributed by atoms with E-state index in [4.69, 9.17) is 5.11 Å². The van der Waals surface area contributed by atoms with Crippen LogP contribution in [0.15, 0.2) is 24.3 Å². The van der Waals surface area contributed by atoms with Crippen molar-refractivity contribution in [1.82, 2.24) is 0 Å². The van der Waals surface area contributed by atoms with Gasteiger partial charge in [-0.05, 0) is 12.1 Å². The predicted octanol–water partition coefficient (Wildman–Crippen LogP) is 6.45. The second-order valence-electron chi connectivity index (χ2n) is 7.27. The zero-order chi connectivity index (χ0) is 20.7. The Hall–Kier alpha value is -1.48. The molecule has 0 aromatic heterocycles. The van der Waals surface area contributed by atoms with E-state index in [1.54, 1.807) is 18.5 Å². The standard InChI is InChI=1S/C14H33P.C7H5NO4/c1-5-9-12-15(8-4,13-10-6-2)14-11-7-3;9-7(10)5-1-3-6(4-2-5)8(11)12/h15H,5-14H2,1-4H3;1-4H,(H,9,10). The average molecular weight is 400 g/mol. The first-order valence-electron chi connectivity index (χ1n) is 10.3. The fraction of sp³-hybridized carbons (Fsp3) is 0.667. The quantitative estimate of drug-likeness (QED) is 0.249. The van der Waals surface area contributed by atoms with Crippen LogP contribution in [0, 0.1) is 10.1 Å². The van der Waals surface area contributed by atoms with Gasteiger partial charge in [0.05, 0.1) is 10.5 Å². The summed E-state index contributed by atoms with van der Waals surface area (Å²) in [5.74, 6) is -1.09. The van der Waals surface area contributed by atoms with E-state index in [2.05, 4.69) is 27.7 Å². The molecule has 0 radical (unpaired) electrons. The van der Waals surface area contributed by atoms with Crippen molar-refractivity contribution in [2.75, 3.05) is 24.6 Å². The fourth-order valence-corrected chi connectivity index (χ4v) is 8.41. The van der Waals surface area contributed by atoms with Gasteiger partial charge < -0.3 is 5.11 Å². The molecule has 5 nitrogen and oxygen atoms in total. The van der Waals surface area contributed by atoms with Crippen molar-refractivity contribution in [1.29, 1.82) is 0 Å². The van der Waals surface area contributed by atoms with Crippen molar-refractivity contribution in [2.45, 2.75) is 66.2 Å². The van der Waals surface area contributed by atoms with Gasteiger partial charge in [0.15, 0.2) is 0 Å². The number of nitrogens with zero attached hydrogens (tertiary/aromatic N) is 1. The van der Waals surface area contributed by atoms with Gasteiger partial charge in [0, 0.05) is 12.1 Å². The number of carbonyl (C=O) groups is 1. The van der Waals surface area contributed by atoms with Crippen LogP contribution >= 0.6 is 7.26 Å². The van der Waals surface area contributed by atoms with E-state index in [9.17, 15) is 14.9 Å². The van der Waals surface area contributed by atoms with E-state index < -0.39 is 18.2 Å². The Bertz CT molecular complexity index is 491. The van der Waals surface area contributed by atoms with Crippen molar-refractivity contribution in [3.8, 4) is 0 Å². The molecule has 0 saturated heterocycles. The maximum absolute atomic E-state index is 10.3. The molecule has 1 aromatic carbocycles. The first-order chi connectivity index (χ1) is 12.9. The fourth-order valence-electron chi connectivity index (χ4n) is 3.29. The van der Waals surface area contributed by atoms with Crippen LogP contribution in [0.4, 0.5) is 5.69 Å². The Kier molecular flexibility index (Phi) is 13.8. The number of hydrogen-bond acceptors (Lipinski definition) is 3. The average Bonchev–Trinajstić information content (AvgIpc) is 2.68. The van der Waals surface area contributed by atoms with E-state index in [0.717, 1.165) is 12.1 Å². The zero-order valence-corrected chi connectivity index (χ0v) is 18.5. The molecule has 0 saturated carbocycles. The molecule has 0 heterocycles. The van der Waals surface area contributed by atoms with Crippen LogP contribution in [0.5, 0.6) is 0 Å². The number of non-ortho nitro benzene ring substituents is 1. The third-order valence-electron chi connectivity index (χ3n) is 5.26. The van der Waals surface area contributed by atoms with Crippen LogP contribution in [0.2, 0.25) is 0 Å². The molecule has 0 bridgehead atoms. The van der Waals surface area contributed by atoms with E-state index >= 15 is 0 Å². The van der Waals surface area contributed by atoms with Crippen LogP contribution in [-0.2, 0) is 0 Å². The summed E-state index contributed by atoms with van der Waals surface area (Å²) in [6.07, 6.45) is 15.0. The molecule has 6 heteroatoms. The zero-order valence-electron chi connectivity index (χ0n) is 17.5. The molecule has 1 N–H and O–H groups in total. The summed E-state index contributed by atoms with van der Waals surface area (Å²) < 4.78 is 0. The Morgan fingerprint density at radius 3 is 1.59 bits per heavy atom. The number of rotatable bonds is 12. The van der Waals surface area contributed by atoms with Crippen molar-refractivity contribution in [2.24, 2.45) is 0 Å². The van der Waals surface area contributed by atoms with Gasteiger partial charge in [-0.3, -0.25) is 10.1 Å². The molecule has 0 aliphatic heterocycles. The largest absolute Gasteiger partial charge is 0.478 e. The minimum Gasteiger partial charge on any atom is -0.478 e. The van der Waals surface area contributed by atoms with Gasteiger partial charge in [-0.15, -0.1) is 0 Å². The summed E-state index contributed by atoms with van der Waals surface area (Å²) in [6.45, 7) is 9.49. The smallest absolute Gasteiger partial charge is 0.335 e. The Balaban J connectivity index is 0.000000511. The summed E-state index contributed by atoms with van der Waals surface area (Å²) in [5.41, 5.74) is -0.0689. The summed E-state index contributed by atoms with van der Waals surface area (Å²) >= 11 is 0. The number of carboxylic acids is 1. The molecule has 27 heavy (non-hydrogen) atoms. The molecular weight excluding hydrogens is 361 g/mol. The number of aromatic carboxylic acids is 1. The Morgan fingerprint density at radius 2 is 1.33 bits per heavy atom. The van der Waals surface area contributed by atoms with Crippen LogP contribution in [0.25, 0.3) is 0 Å². The summed E-state index contributed by atoms with van der Waals surface area (Å²) in [4.78, 5) is 19.9. The third kappa shape index (κ3) is 10.4. The van der Waals surface area contributed by atoms with E-state index in [0.29, 0.717) is 0 Å².